The lowest BCUT2D eigenvalue weighted by Crippen LogP contribution is -2.05. The minimum Gasteiger partial charge on any atom is -0.478 e. The van der Waals surface area contributed by atoms with Crippen molar-refractivity contribution >= 4 is 17.6 Å². The number of rotatable bonds is 3. The van der Waals surface area contributed by atoms with Crippen LogP contribution in [0, 0.1) is 6.92 Å². The fourth-order valence-corrected chi connectivity index (χ4v) is 3.51. The summed E-state index contributed by atoms with van der Waals surface area (Å²) in [5.41, 5.74) is 7.76. The zero-order valence-corrected chi connectivity index (χ0v) is 14.4. The third-order valence-electron chi connectivity index (χ3n) is 4.66. The number of anilines is 1. The van der Waals surface area contributed by atoms with Gasteiger partial charge in [0.05, 0.1) is 17.0 Å². The molecule has 0 saturated heterocycles. The number of nitrogens with one attached hydrogen (secondary N) is 2. The first-order valence-electron chi connectivity index (χ1n) is 8.26. The van der Waals surface area contributed by atoms with E-state index in [1.807, 2.05) is 24.3 Å². The highest BCUT2D eigenvalue weighted by molar-refractivity contribution is 5.91. The quantitative estimate of drug-likeness (QED) is 0.527. The lowest BCUT2D eigenvalue weighted by atomic mass is 10.0. The molecule has 0 saturated carbocycles. The second-order valence-corrected chi connectivity index (χ2v) is 6.49. The molecule has 0 aliphatic heterocycles. The predicted molar refractivity (Wildman–Crippen MR) is 98.3 cm³/mol. The Morgan fingerprint density at radius 1 is 1.19 bits per heavy atom. The van der Waals surface area contributed by atoms with Crippen LogP contribution < -0.4 is 5.32 Å². The van der Waals surface area contributed by atoms with Crippen molar-refractivity contribution in [3.63, 3.8) is 0 Å². The van der Waals surface area contributed by atoms with E-state index in [9.17, 15) is 14.7 Å². The van der Waals surface area contributed by atoms with Crippen molar-refractivity contribution in [3.8, 4) is 22.5 Å². The SMILES string of the molecule is CC(=O)Nc1ccc2c(c1)Cc1c(-c3ccc(C(=O)O)c(C)c3)n[nH]c1-2. The van der Waals surface area contributed by atoms with Crippen molar-refractivity contribution in [1.29, 1.82) is 0 Å². The van der Waals surface area contributed by atoms with Crippen LogP contribution >= 0.6 is 0 Å². The predicted octanol–water partition coefficient (Wildman–Crippen LogP) is 3.61. The van der Waals surface area contributed by atoms with Crippen molar-refractivity contribution < 1.29 is 14.7 Å². The van der Waals surface area contributed by atoms with Gasteiger partial charge >= 0.3 is 5.97 Å². The zero-order chi connectivity index (χ0) is 18.4. The first kappa shape index (κ1) is 16.1. The standard InChI is InChI=1S/C20H17N3O3/c1-10-7-12(3-5-15(10)20(25)26)18-17-9-13-8-14(21-11(2)24)4-6-16(13)19(17)23-22-18/h3-8H,9H2,1-2H3,(H,21,24)(H,22,23)(H,25,26). The van der Waals surface area contributed by atoms with Gasteiger partial charge in [0.25, 0.3) is 0 Å². The molecule has 0 radical (unpaired) electrons. The number of carbonyl (C=O) groups excluding carboxylic acids is 1. The summed E-state index contributed by atoms with van der Waals surface area (Å²) in [6, 6.07) is 11.1. The van der Waals surface area contributed by atoms with Gasteiger partial charge in [-0.15, -0.1) is 0 Å². The topological polar surface area (TPSA) is 95.1 Å². The van der Waals surface area contributed by atoms with Gasteiger partial charge in [-0.3, -0.25) is 9.89 Å². The number of nitrogens with zero attached hydrogens (tertiary/aromatic N) is 1. The summed E-state index contributed by atoms with van der Waals surface area (Å²) in [4.78, 5) is 22.5. The monoisotopic (exact) mass is 347 g/mol. The van der Waals surface area contributed by atoms with E-state index >= 15 is 0 Å². The van der Waals surface area contributed by atoms with Crippen LogP contribution in [0.5, 0.6) is 0 Å². The molecule has 3 N–H and O–H groups in total. The number of amides is 1. The fraction of sp³-hybridized carbons (Fsp3) is 0.150. The molecular formula is C20H17N3O3. The summed E-state index contributed by atoms with van der Waals surface area (Å²) in [5, 5.41) is 19.6. The van der Waals surface area contributed by atoms with E-state index in [0.29, 0.717) is 17.5 Å². The molecular weight excluding hydrogens is 330 g/mol. The molecule has 130 valence electrons. The van der Waals surface area contributed by atoms with Gasteiger partial charge in [0.2, 0.25) is 5.91 Å². The average Bonchev–Trinajstić information content (AvgIpc) is 3.12. The normalized spacial score (nSPS) is 11.8. The second kappa shape index (κ2) is 5.84. The highest BCUT2D eigenvalue weighted by atomic mass is 16.4. The minimum absolute atomic E-state index is 0.0992. The minimum atomic E-state index is -0.931. The number of hydrogen-bond acceptors (Lipinski definition) is 3. The van der Waals surface area contributed by atoms with Crippen LogP contribution in [-0.2, 0) is 11.2 Å². The molecule has 1 aromatic heterocycles. The number of aryl methyl sites for hydroxylation is 1. The fourth-order valence-electron chi connectivity index (χ4n) is 3.51. The van der Waals surface area contributed by atoms with Crippen molar-refractivity contribution in [2.45, 2.75) is 20.3 Å². The van der Waals surface area contributed by atoms with Gasteiger partial charge in [-0.05, 0) is 42.3 Å². The van der Waals surface area contributed by atoms with Crippen LogP contribution in [0.25, 0.3) is 22.5 Å². The molecule has 4 rings (SSSR count). The van der Waals surface area contributed by atoms with E-state index < -0.39 is 5.97 Å². The third-order valence-corrected chi connectivity index (χ3v) is 4.66. The number of carboxylic acids is 1. The van der Waals surface area contributed by atoms with Gasteiger partial charge in [-0.1, -0.05) is 12.1 Å². The van der Waals surface area contributed by atoms with Crippen LogP contribution in [0.15, 0.2) is 36.4 Å². The Kier molecular flexibility index (Phi) is 3.61. The van der Waals surface area contributed by atoms with E-state index in [-0.39, 0.29) is 5.91 Å². The summed E-state index contributed by atoms with van der Waals surface area (Å²) in [6.07, 6.45) is 0.712. The average molecular weight is 347 g/mol. The second-order valence-electron chi connectivity index (χ2n) is 6.49. The Bertz CT molecular complexity index is 1070. The van der Waals surface area contributed by atoms with E-state index in [1.54, 1.807) is 19.1 Å². The zero-order valence-electron chi connectivity index (χ0n) is 14.4. The smallest absolute Gasteiger partial charge is 0.335 e. The molecule has 1 heterocycles. The molecule has 0 unspecified atom stereocenters. The number of fused-ring (bicyclic) bond motifs is 3. The maximum absolute atomic E-state index is 11.3. The summed E-state index contributed by atoms with van der Waals surface area (Å²) in [7, 11) is 0. The largest absolute Gasteiger partial charge is 0.478 e. The number of aromatic nitrogens is 2. The van der Waals surface area contributed by atoms with Crippen molar-refractivity contribution in [3.05, 3.63) is 58.7 Å². The maximum atomic E-state index is 11.3. The lowest BCUT2D eigenvalue weighted by Gasteiger charge is -2.06. The summed E-state index contributed by atoms with van der Waals surface area (Å²) in [6.45, 7) is 3.27. The molecule has 6 heteroatoms. The summed E-state index contributed by atoms with van der Waals surface area (Å²) in [5.74, 6) is -1.03. The molecule has 0 bridgehead atoms. The molecule has 2 aromatic carbocycles. The highest BCUT2D eigenvalue weighted by Crippen LogP contribution is 2.41. The maximum Gasteiger partial charge on any atom is 0.335 e. The van der Waals surface area contributed by atoms with E-state index in [2.05, 4.69) is 15.5 Å². The van der Waals surface area contributed by atoms with Gasteiger partial charge in [-0.2, -0.15) is 5.10 Å². The van der Waals surface area contributed by atoms with Crippen LogP contribution in [0.2, 0.25) is 0 Å². The van der Waals surface area contributed by atoms with E-state index in [0.717, 1.165) is 39.3 Å². The van der Waals surface area contributed by atoms with Gasteiger partial charge in [0.15, 0.2) is 0 Å². The van der Waals surface area contributed by atoms with Crippen LogP contribution in [0.4, 0.5) is 5.69 Å². The Morgan fingerprint density at radius 2 is 2.00 bits per heavy atom. The number of benzene rings is 2. The van der Waals surface area contributed by atoms with Crippen molar-refractivity contribution in [2.24, 2.45) is 0 Å². The Balaban J connectivity index is 1.72. The molecule has 0 fully saturated rings. The first-order chi connectivity index (χ1) is 12.4. The Hall–Kier alpha value is -3.41. The van der Waals surface area contributed by atoms with Crippen LogP contribution in [0.1, 0.15) is 34.0 Å². The van der Waals surface area contributed by atoms with E-state index in [1.165, 1.54) is 6.92 Å². The van der Waals surface area contributed by atoms with Gasteiger partial charge in [0.1, 0.15) is 0 Å². The molecule has 0 atom stereocenters. The first-order valence-corrected chi connectivity index (χ1v) is 8.26. The van der Waals surface area contributed by atoms with Gasteiger partial charge < -0.3 is 10.4 Å². The molecule has 0 spiro atoms. The number of carboxylic acid groups (broad SMARTS) is 1. The van der Waals surface area contributed by atoms with Crippen LogP contribution in [0.3, 0.4) is 0 Å². The number of aromatic carboxylic acids is 1. The third kappa shape index (κ3) is 2.56. The molecule has 3 aromatic rings. The molecule has 1 amide bonds. The number of carbonyl (C=O) groups is 2. The van der Waals surface area contributed by atoms with Crippen molar-refractivity contribution in [2.75, 3.05) is 5.32 Å². The van der Waals surface area contributed by atoms with Crippen LogP contribution in [-0.4, -0.2) is 27.2 Å². The van der Waals surface area contributed by atoms with Gasteiger partial charge in [-0.25, -0.2) is 4.79 Å². The molecule has 26 heavy (non-hydrogen) atoms. The van der Waals surface area contributed by atoms with Crippen molar-refractivity contribution in [1.82, 2.24) is 10.2 Å². The number of H-pyrrole nitrogens is 1. The van der Waals surface area contributed by atoms with Gasteiger partial charge in [0, 0.05) is 35.7 Å². The molecule has 1 aliphatic carbocycles. The molecule has 6 nitrogen and oxygen atoms in total. The Morgan fingerprint density at radius 3 is 2.69 bits per heavy atom. The molecule has 1 aliphatic rings. The highest BCUT2D eigenvalue weighted by Gasteiger charge is 2.25. The Labute approximate surface area is 149 Å². The van der Waals surface area contributed by atoms with E-state index in [4.69, 9.17) is 0 Å². The number of aromatic amines is 1. The lowest BCUT2D eigenvalue weighted by molar-refractivity contribution is -0.114. The summed E-state index contributed by atoms with van der Waals surface area (Å²) >= 11 is 0. The summed E-state index contributed by atoms with van der Waals surface area (Å²) < 4.78 is 0. The number of hydrogen-bond donors (Lipinski definition) is 3.